The van der Waals surface area contributed by atoms with Crippen LogP contribution in [-0.4, -0.2) is 48.5 Å². The van der Waals surface area contributed by atoms with Gasteiger partial charge in [-0.3, -0.25) is 4.98 Å². The second-order valence-corrected chi connectivity index (χ2v) is 5.76. The fourth-order valence-electron chi connectivity index (χ4n) is 2.84. The molecule has 0 spiro atoms. The minimum atomic E-state index is 0.526. The number of nitrogens with two attached hydrogens (primary N) is 1. The molecule has 106 valence electrons. The van der Waals surface area contributed by atoms with Crippen LogP contribution in [0.4, 0.5) is 0 Å². The number of piperidine rings is 1. The Kier molecular flexibility index (Phi) is 5.31. The minimum Gasteiger partial charge on any atom is -0.325 e. The lowest BCUT2D eigenvalue weighted by Gasteiger charge is -2.31. The van der Waals surface area contributed by atoms with Crippen molar-refractivity contribution in [3.05, 3.63) is 29.6 Å². The van der Waals surface area contributed by atoms with Gasteiger partial charge >= 0.3 is 0 Å². The van der Waals surface area contributed by atoms with Gasteiger partial charge < -0.3 is 15.5 Å². The van der Waals surface area contributed by atoms with Gasteiger partial charge in [0.05, 0.1) is 5.69 Å². The van der Waals surface area contributed by atoms with Crippen molar-refractivity contribution in [3.8, 4) is 0 Å². The van der Waals surface area contributed by atoms with Gasteiger partial charge in [-0.25, -0.2) is 0 Å². The Bertz CT molecular complexity index is 385. The van der Waals surface area contributed by atoms with Crippen LogP contribution in [0.3, 0.4) is 0 Å². The van der Waals surface area contributed by atoms with Crippen molar-refractivity contribution in [2.45, 2.75) is 25.9 Å². The summed E-state index contributed by atoms with van der Waals surface area (Å²) in [7, 11) is 4.41. The van der Waals surface area contributed by atoms with Crippen LogP contribution in [0.25, 0.3) is 0 Å². The summed E-state index contributed by atoms with van der Waals surface area (Å²) in [5, 5.41) is 0. The zero-order valence-electron chi connectivity index (χ0n) is 12.2. The predicted molar refractivity (Wildman–Crippen MR) is 78.7 cm³/mol. The smallest absolute Gasteiger partial charge is 0.0584 e. The van der Waals surface area contributed by atoms with E-state index >= 15 is 0 Å². The second kappa shape index (κ2) is 6.98. The Balaban J connectivity index is 1.85. The largest absolute Gasteiger partial charge is 0.325 e. The summed E-state index contributed by atoms with van der Waals surface area (Å²) < 4.78 is 0. The minimum absolute atomic E-state index is 0.526. The molecule has 0 radical (unpaired) electrons. The highest BCUT2D eigenvalue weighted by Gasteiger charge is 2.18. The number of hydrogen-bond donors (Lipinski definition) is 1. The van der Waals surface area contributed by atoms with Crippen LogP contribution in [0.15, 0.2) is 18.3 Å². The molecular formula is C15H26N4. The molecule has 0 aliphatic carbocycles. The third-order valence-electron chi connectivity index (χ3n) is 4.03. The number of rotatable bonds is 5. The van der Waals surface area contributed by atoms with E-state index in [1.54, 1.807) is 0 Å². The van der Waals surface area contributed by atoms with Crippen LogP contribution >= 0.6 is 0 Å². The van der Waals surface area contributed by atoms with Crippen LogP contribution in [0.5, 0.6) is 0 Å². The SMILES string of the molecule is CN1CCC(CN(C)Cc2cccnc2CN)CC1. The maximum Gasteiger partial charge on any atom is 0.0584 e. The Morgan fingerprint density at radius 3 is 2.84 bits per heavy atom. The lowest BCUT2D eigenvalue weighted by atomic mass is 9.96. The van der Waals surface area contributed by atoms with Crippen LogP contribution in [0.1, 0.15) is 24.1 Å². The highest BCUT2D eigenvalue weighted by Crippen LogP contribution is 2.18. The molecule has 1 saturated heterocycles. The van der Waals surface area contributed by atoms with Gasteiger partial charge in [0.1, 0.15) is 0 Å². The first-order valence-corrected chi connectivity index (χ1v) is 7.19. The van der Waals surface area contributed by atoms with Gasteiger partial charge in [0.2, 0.25) is 0 Å². The molecular weight excluding hydrogens is 236 g/mol. The summed E-state index contributed by atoms with van der Waals surface area (Å²) in [5.41, 5.74) is 8.03. The van der Waals surface area contributed by atoms with Gasteiger partial charge in [-0.05, 0) is 57.6 Å². The molecule has 1 fully saturated rings. The van der Waals surface area contributed by atoms with Crippen LogP contribution in [0.2, 0.25) is 0 Å². The van der Waals surface area contributed by atoms with E-state index in [1.807, 2.05) is 12.3 Å². The van der Waals surface area contributed by atoms with E-state index in [0.717, 1.165) is 18.2 Å². The molecule has 19 heavy (non-hydrogen) atoms. The van der Waals surface area contributed by atoms with Crippen LogP contribution < -0.4 is 5.73 Å². The summed E-state index contributed by atoms with van der Waals surface area (Å²) >= 11 is 0. The van der Waals surface area contributed by atoms with Gasteiger partial charge in [-0.15, -0.1) is 0 Å². The Hall–Kier alpha value is -0.970. The molecule has 4 nitrogen and oxygen atoms in total. The molecule has 4 heteroatoms. The third kappa shape index (κ3) is 4.27. The van der Waals surface area contributed by atoms with E-state index in [-0.39, 0.29) is 0 Å². The summed E-state index contributed by atoms with van der Waals surface area (Å²) in [6.45, 7) is 5.12. The molecule has 0 bridgehead atoms. The van der Waals surface area contributed by atoms with Gasteiger partial charge in [0.15, 0.2) is 0 Å². The highest BCUT2D eigenvalue weighted by molar-refractivity contribution is 5.19. The summed E-state index contributed by atoms with van der Waals surface area (Å²) in [4.78, 5) is 9.18. The quantitative estimate of drug-likeness (QED) is 0.869. The second-order valence-electron chi connectivity index (χ2n) is 5.76. The molecule has 0 aromatic carbocycles. The summed E-state index contributed by atoms with van der Waals surface area (Å²) in [6, 6.07) is 4.14. The molecule has 2 heterocycles. The predicted octanol–water partition coefficient (Wildman–Crippen LogP) is 1.31. The monoisotopic (exact) mass is 262 g/mol. The Morgan fingerprint density at radius 1 is 1.42 bits per heavy atom. The first-order chi connectivity index (χ1) is 9.19. The summed E-state index contributed by atoms with van der Waals surface area (Å²) in [5.74, 6) is 0.833. The zero-order valence-corrected chi connectivity index (χ0v) is 12.2. The average Bonchev–Trinajstić information content (AvgIpc) is 2.42. The van der Waals surface area contributed by atoms with E-state index in [9.17, 15) is 0 Å². The van der Waals surface area contributed by atoms with Crippen LogP contribution in [0, 0.1) is 5.92 Å². The van der Waals surface area contributed by atoms with Gasteiger partial charge in [-0.1, -0.05) is 6.07 Å². The van der Waals surface area contributed by atoms with Gasteiger partial charge in [-0.2, -0.15) is 0 Å². The molecule has 0 atom stereocenters. The number of likely N-dealkylation sites (tertiary alicyclic amines) is 1. The standard InChI is InChI=1S/C15H26N4/c1-18-8-5-13(6-9-18)11-19(2)12-14-4-3-7-17-15(14)10-16/h3-4,7,13H,5-6,8-12,16H2,1-2H3. The topological polar surface area (TPSA) is 45.4 Å². The molecule has 0 amide bonds. The van der Waals surface area contributed by atoms with Crippen molar-refractivity contribution < 1.29 is 0 Å². The maximum absolute atomic E-state index is 5.74. The van der Waals surface area contributed by atoms with Crippen molar-refractivity contribution in [2.24, 2.45) is 11.7 Å². The molecule has 1 aromatic rings. The average molecular weight is 262 g/mol. The number of aromatic nitrogens is 1. The molecule has 1 aliphatic rings. The zero-order chi connectivity index (χ0) is 13.7. The first kappa shape index (κ1) is 14.4. The molecule has 0 saturated carbocycles. The fraction of sp³-hybridized carbons (Fsp3) is 0.667. The number of nitrogens with zero attached hydrogens (tertiary/aromatic N) is 3. The van der Waals surface area contributed by atoms with Crippen molar-refractivity contribution in [1.29, 1.82) is 0 Å². The van der Waals surface area contributed by atoms with Crippen molar-refractivity contribution >= 4 is 0 Å². The fourth-order valence-corrected chi connectivity index (χ4v) is 2.84. The molecule has 0 unspecified atom stereocenters. The molecule has 2 N–H and O–H groups in total. The van der Waals surface area contributed by atoms with E-state index in [4.69, 9.17) is 5.73 Å². The summed E-state index contributed by atoms with van der Waals surface area (Å²) in [6.07, 6.45) is 4.46. The van der Waals surface area contributed by atoms with Gasteiger partial charge in [0.25, 0.3) is 0 Å². The molecule has 1 aliphatic heterocycles. The van der Waals surface area contributed by atoms with E-state index in [1.165, 1.54) is 38.0 Å². The van der Waals surface area contributed by atoms with E-state index < -0.39 is 0 Å². The molecule has 1 aromatic heterocycles. The van der Waals surface area contributed by atoms with E-state index in [0.29, 0.717) is 6.54 Å². The van der Waals surface area contributed by atoms with Crippen molar-refractivity contribution in [3.63, 3.8) is 0 Å². The van der Waals surface area contributed by atoms with E-state index in [2.05, 4.69) is 34.9 Å². The normalized spacial score (nSPS) is 18.1. The molecule has 2 rings (SSSR count). The Morgan fingerprint density at radius 2 is 2.16 bits per heavy atom. The highest BCUT2D eigenvalue weighted by atomic mass is 15.1. The van der Waals surface area contributed by atoms with Crippen molar-refractivity contribution in [2.75, 3.05) is 33.7 Å². The lowest BCUT2D eigenvalue weighted by molar-refractivity contribution is 0.173. The Labute approximate surface area is 116 Å². The lowest BCUT2D eigenvalue weighted by Crippen LogP contribution is -2.35. The van der Waals surface area contributed by atoms with Crippen LogP contribution in [-0.2, 0) is 13.1 Å². The van der Waals surface area contributed by atoms with Crippen molar-refractivity contribution in [1.82, 2.24) is 14.8 Å². The first-order valence-electron chi connectivity index (χ1n) is 7.19. The third-order valence-corrected chi connectivity index (χ3v) is 4.03. The number of hydrogen-bond acceptors (Lipinski definition) is 4. The van der Waals surface area contributed by atoms with Gasteiger partial charge in [0, 0.05) is 25.8 Å². The maximum atomic E-state index is 5.74. The number of pyridine rings is 1.